The number of esters is 1. The third kappa shape index (κ3) is 4.02. The Hall–Kier alpha value is -3.64. The number of hydrogen-bond donors (Lipinski definition) is 1. The van der Waals surface area contributed by atoms with E-state index in [1.165, 1.54) is 37.2 Å². The Labute approximate surface area is 164 Å². The maximum absolute atomic E-state index is 12.0. The number of rotatable bonds is 5. The van der Waals surface area contributed by atoms with E-state index < -0.39 is 11.5 Å². The highest BCUT2D eigenvalue weighted by Crippen LogP contribution is 2.26. The van der Waals surface area contributed by atoms with E-state index in [0.29, 0.717) is 27.7 Å². The molecule has 0 bridgehead atoms. The number of carbonyl (C=O) groups is 1. The maximum Gasteiger partial charge on any atom is 0.338 e. The Morgan fingerprint density at radius 1 is 1.25 bits per heavy atom. The number of benzene rings is 1. The highest BCUT2D eigenvalue weighted by Gasteiger charge is 2.13. The van der Waals surface area contributed by atoms with Gasteiger partial charge in [-0.2, -0.15) is 5.26 Å². The molecule has 0 aliphatic rings. The van der Waals surface area contributed by atoms with E-state index in [0.717, 1.165) is 0 Å². The molecule has 0 aliphatic carbocycles. The monoisotopic (exact) mass is 394 g/mol. The summed E-state index contributed by atoms with van der Waals surface area (Å²) in [6.07, 6.45) is 3.22. The third-order valence-electron chi connectivity index (χ3n) is 3.71. The van der Waals surface area contributed by atoms with Gasteiger partial charge in [-0.3, -0.25) is 4.79 Å². The van der Waals surface area contributed by atoms with E-state index in [1.54, 1.807) is 30.5 Å². The van der Waals surface area contributed by atoms with Crippen molar-refractivity contribution >= 4 is 17.7 Å². The van der Waals surface area contributed by atoms with Crippen molar-refractivity contribution in [2.24, 2.45) is 0 Å². The number of methoxy groups -OCH3 is 1. The van der Waals surface area contributed by atoms with Crippen molar-refractivity contribution in [2.75, 3.05) is 13.4 Å². The zero-order valence-electron chi connectivity index (χ0n) is 14.9. The van der Waals surface area contributed by atoms with Gasteiger partial charge in [0.1, 0.15) is 17.4 Å². The van der Waals surface area contributed by atoms with Crippen LogP contribution in [0.4, 0.5) is 0 Å². The Morgan fingerprint density at radius 2 is 2.00 bits per heavy atom. The molecule has 2 aromatic heterocycles. The van der Waals surface area contributed by atoms with Crippen LogP contribution in [0.3, 0.4) is 0 Å². The van der Waals surface area contributed by atoms with Gasteiger partial charge in [-0.05, 0) is 36.6 Å². The van der Waals surface area contributed by atoms with Crippen LogP contribution in [-0.4, -0.2) is 34.3 Å². The number of thioether (sulfide) groups is 1. The van der Waals surface area contributed by atoms with Gasteiger partial charge < -0.3 is 14.5 Å². The van der Waals surface area contributed by atoms with Crippen molar-refractivity contribution in [1.82, 2.24) is 15.0 Å². The van der Waals surface area contributed by atoms with Gasteiger partial charge in [0.15, 0.2) is 5.16 Å². The van der Waals surface area contributed by atoms with Crippen LogP contribution in [0.5, 0.6) is 11.6 Å². The van der Waals surface area contributed by atoms with Crippen molar-refractivity contribution in [3.8, 4) is 29.0 Å². The minimum atomic E-state index is -0.489. The van der Waals surface area contributed by atoms with Crippen LogP contribution in [0.15, 0.2) is 52.5 Å². The van der Waals surface area contributed by atoms with Crippen molar-refractivity contribution < 1.29 is 14.3 Å². The fraction of sp³-hybridized carbons (Fsp3) is 0.105. The van der Waals surface area contributed by atoms with Crippen LogP contribution in [0, 0.1) is 11.3 Å². The smallest absolute Gasteiger partial charge is 0.338 e. The first-order chi connectivity index (χ1) is 13.5. The predicted molar refractivity (Wildman–Crippen MR) is 102 cm³/mol. The van der Waals surface area contributed by atoms with Gasteiger partial charge in [0.2, 0.25) is 5.88 Å². The maximum atomic E-state index is 12.0. The first kappa shape index (κ1) is 19.1. The summed E-state index contributed by atoms with van der Waals surface area (Å²) >= 11 is 1.27. The lowest BCUT2D eigenvalue weighted by molar-refractivity contribution is 0.0600. The van der Waals surface area contributed by atoms with Crippen molar-refractivity contribution in [3.63, 3.8) is 0 Å². The van der Waals surface area contributed by atoms with Gasteiger partial charge >= 0.3 is 5.97 Å². The molecule has 3 aromatic rings. The lowest BCUT2D eigenvalue weighted by Crippen LogP contribution is -2.14. The molecule has 0 fully saturated rings. The van der Waals surface area contributed by atoms with Crippen LogP contribution in [0.25, 0.3) is 11.3 Å². The molecule has 1 N–H and O–H groups in total. The topological polar surface area (TPSA) is 118 Å². The van der Waals surface area contributed by atoms with E-state index in [2.05, 4.69) is 19.7 Å². The fourth-order valence-electron chi connectivity index (χ4n) is 2.37. The molecule has 0 saturated carbocycles. The number of pyridine rings is 1. The molecule has 0 aliphatic heterocycles. The minimum absolute atomic E-state index is 0.0566. The largest absolute Gasteiger partial charge is 0.465 e. The summed E-state index contributed by atoms with van der Waals surface area (Å²) in [6.45, 7) is 0. The number of nitrogens with zero attached hydrogens (tertiary/aromatic N) is 3. The average molecular weight is 394 g/mol. The molecule has 140 valence electrons. The van der Waals surface area contributed by atoms with Crippen LogP contribution in [0.2, 0.25) is 0 Å². The number of ether oxygens (including phenoxy) is 2. The Kier molecular flexibility index (Phi) is 5.72. The number of carbonyl (C=O) groups excluding carboxylic acids is 1. The summed E-state index contributed by atoms with van der Waals surface area (Å²) in [5, 5.41) is 9.70. The normalized spacial score (nSPS) is 10.2. The second-order valence-electron chi connectivity index (χ2n) is 5.41. The Balaban J connectivity index is 1.89. The lowest BCUT2D eigenvalue weighted by atomic mass is 10.1. The standard InChI is InChI=1S/C19H14N4O4S/c1-26-18(25)12-7-8-21-15(9-12)27-13-5-3-11(4-6-13)16-14(10-20)17(24)23-19(22-16)28-2/h3-9H,1-2H3,(H,22,23,24). The summed E-state index contributed by atoms with van der Waals surface area (Å²) in [7, 11) is 1.29. The second-order valence-corrected chi connectivity index (χ2v) is 6.21. The fourth-order valence-corrected chi connectivity index (χ4v) is 2.75. The molecule has 9 heteroatoms. The molecule has 0 saturated heterocycles. The molecule has 0 amide bonds. The van der Waals surface area contributed by atoms with Gasteiger partial charge in [-0.25, -0.2) is 14.8 Å². The van der Waals surface area contributed by atoms with Crippen LogP contribution in [0.1, 0.15) is 15.9 Å². The zero-order valence-corrected chi connectivity index (χ0v) is 15.7. The van der Waals surface area contributed by atoms with Gasteiger partial charge in [-0.1, -0.05) is 11.8 Å². The molecule has 2 heterocycles. The van der Waals surface area contributed by atoms with E-state index in [-0.39, 0.29) is 11.4 Å². The first-order valence-corrected chi connectivity index (χ1v) is 9.19. The van der Waals surface area contributed by atoms with Crippen molar-refractivity contribution in [3.05, 3.63) is 64.1 Å². The molecule has 0 spiro atoms. The van der Waals surface area contributed by atoms with Gasteiger partial charge in [0.25, 0.3) is 5.56 Å². The highest BCUT2D eigenvalue weighted by molar-refractivity contribution is 7.98. The molecule has 0 atom stereocenters. The van der Waals surface area contributed by atoms with Crippen LogP contribution >= 0.6 is 11.8 Å². The van der Waals surface area contributed by atoms with E-state index >= 15 is 0 Å². The lowest BCUT2D eigenvalue weighted by Gasteiger charge is -2.08. The molecule has 0 unspecified atom stereocenters. The third-order valence-corrected chi connectivity index (χ3v) is 4.29. The molecular weight excluding hydrogens is 380 g/mol. The number of hydrogen-bond acceptors (Lipinski definition) is 8. The zero-order chi connectivity index (χ0) is 20.1. The van der Waals surface area contributed by atoms with Gasteiger partial charge in [0.05, 0.1) is 18.4 Å². The first-order valence-electron chi connectivity index (χ1n) is 7.96. The molecule has 28 heavy (non-hydrogen) atoms. The van der Waals surface area contributed by atoms with Crippen molar-refractivity contribution in [1.29, 1.82) is 5.26 Å². The van der Waals surface area contributed by atoms with Crippen LogP contribution < -0.4 is 10.3 Å². The van der Waals surface area contributed by atoms with E-state index in [4.69, 9.17) is 4.74 Å². The number of aromatic amines is 1. The summed E-state index contributed by atoms with van der Waals surface area (Å²) < 4.78 is 10.3. The quantitative estimate of drug-likeness (QED) is 0.399. The van der Waals surface area contributed by atoms with Crippen molar-refractivity contribution in [2.45, 2.75) is 5.16 Å². The van der Waals surface area contributed by atoms with E-state index in [1.807, 2.05) is 6.07 Å². The van der Waals surface area contributed by atoms with E-state index in [9.17, 15) is 14.9 Å². The molecule has 3 rings (SSSR count). The molecular formula is C19H14N4O4S. The number of H-pyrrole nitrogens is 1. The summed E-state index contributed by atoms with van der Waals surface area (Å²) in [5.41, 5.74) is 0.675. The molecule has 1 aromatic carbocycles. The summed E-state index contributed by atoms with van der Waals surface area (Å²) in [5.74, 6) is 0.204. The van der Waals surface area contributed by atoms with Crippen LogP contribution in [-0.2, 0) is 4.74 Å². The minimum Gasteiger partial charge on any atom is -0.465 e. The Bertz CT molecular complexity index is 1120. The molecule has 0 radical (unpaired) electrons. The predicted octanol–water partition coefficient (Wildman–Crippen LogP) is 3.00. The number of aromatic nitrogens is 3. The Morgan fingerprint density at radius 3 is 2.64 bits per heavy atom. The molecule has 8 nitrogen and oxygen atoms in total. The second kappa shape index (κ2) is 8.37. The highest BCUT2D eigenvalue weighted by atomic mass is 32.2. The number of nitriles is 1. The summed E-state index contributed by atoms with van der Waals surface area (Å²) in [6, 6.07) is 11.6. The van der Waals surface area contributed by atoms with Gasteiger partial charge in [-0.15, -0.1) is 0 Å². The van der Waals surface area contributed by atoms with Gasteiger partial charge in [0, 0.05) is 17.8 Å². The average Bonchev–Trinajstić information content (AvgIpc) is 2.73. The summed E-state index contributed by atoms with van der Waals surface area (Å²) in [4.78, 5) is 34.6. The SMILES string of the molecule is COC(=O)c1ccnc(Oc2ccc(-c3nc(SC)[nH]c(=O)c3C#N)cc2)c1. The number of nitrogens with one attached hydrogen (secondary N) is 1.